The number of rotatable bonds is 3. The van der Waals surface area contributed by atoms with Gasteiger partial charge in [0.1, 0.15) is 5.75 Å². The Morgan fingerprint density at radius 3 is 2.35 bits per heavy atom. The Morgan fingerprint density at radius 2 is 1.82 bits per heavy atom. The van der Waals surface area contributed by atoms with Gasteiger partial charge >= 0.3 is 0 Å². The topological polar surface area (TPSA) is 9.23 Å². The lowest BCUT2D eigenvalue weighted by Crippen LogP contribution is -1.91. The van der Waals surface area contributed by atoms with Crippen LogP contribution in [-0.2, 0) is 0 Å². The van der Waals surface area contributed by atoms with Crippen LogP contribution in [0.1, 0.15) is 21.6 Å². The van der Waals surface area contributed by atoms with Gasteiger partial charge in [0.2, 0.25) is 0 Å². The molecule has 0 atom stereocenters. The van der Waals surface area contributed by atoms with Gasteiger partial charge < -0.3 is 4.74 Å². The molecule has 1 heterocycles. The first-order valence-corrected chi connectivity index (χ1v) is 6.45. The first-order chi connectivity index (χ1) is 8.20. The van der Waals surface area contributed by atoms with E-state index in [1.807, 2.05) is 0 Å². The van der Waals surface area contributed by atoms with Gasteiger partial charge in [-0.05, 0) is 60.2 Å². The van der Waals surface area contributed by atoms with Gasteiger partial charge in [-0.25, -0.2) is 0 Å². The van der Waals surface area contributed by atoms with Crippen molar-refractivity contribution in [2.75, 3.05) is 7.11 Å². The maximum Gasteiger partial charge on any atom is 0.124 e. The lowest BCUT2D eigenvalue weighted by molar-refractivity contribution is 0.408. The Bertz CT molecular complexity index is 501. The zero-order valence-electron chi connectivity index (χ0n) is 10.4. The number of hydrogen-bond donors (Lipinski definition) is 0. The fourth-order valence-electron chi connectivity index (χ4n) is 1.97. The maximum absolute atomic E-state index is 5.36. The van der Waals surface area contributed by atoms with Gasteiger partial charge in [0.15, 0.2) is 0 Å². The Balaban J connectivity index is 2.29. The predicted molar refractivity (Wildman–Crippen MR) is 75.7 cm³/mol. The van der Waals surface area contributed by atoms with Gasteiger partial charge in [-0.2, -0.15) is 0 Å². The molecule has 0 spiro atoms. The standard InChI is InChI=1S/C15H16OS/c1-11-9-13(10-12(2)15(11)16-3)6-7-14-5-4-8-17-14/h4-10H,1-3H3. The van der Waals surface area contributed by atoms with Crippen molar-refractivity contribution in [1.29, 1.82) is 0 Å². The molecule has 0 saturated carbocycles. The first kappa shape index (κ1) is 11.9. The van der Waals surface area contributed by atoms with Gasteiger partial charge in [-0.1, -0.05) is 12.1 Å². The highest BCUT2D eigenvalue weighted by molar-refractivity contribution is 7.10. The molecule has 1 aromatic heterocycles. The Kier molecular flexibility index (Phi) is 3.64. The van der Waals surface area contributed by atoms with Crippen LogP contribution in [0.5, 0.6) is 5.75 Å². The molecule has 0 N–H and O–H groups in total. The summed E-state index contributed by atoms with van der Waals surface area (Å²) in [5.74, 6) is 0.985. The molecule has 17 heavy (non-hydrogen) atoms. The fraction of sp³-hybridized carbons (Fsp3) is 0.200. The van der Waals surface area contributed by atoms with Crippen LogP contribution in [0.25, 0.3) is 12.2 Å². The predicted octanol–water partition coefficient (Wildman–Crippen LogP) is 4.54. The van der Waals surface area contributed by atoms with Crippen molar-refractivity contribution < 1.29 is 4.74 Å². The molecular formula is C15H16OS. The van der Waals surface area contributed by atoms with E-state index in [1.54, 1.807) is 18.4 Å². The minimum atomic E-state index is 0.985. The summed E-state index contributed by atoms with van der Waals surface area (Å²) >= 11 is 1.75. The van der Waals surface area contributed by atoms with Gasteiger partial charge in [0, 0.05) is 4.88 Å². The van der Waals surface area contributed by atoms with Crippen LogP contribution in [0.15, 0.2) is 29.6 Å². The number of thiophene rings is 1. The van der Waals surface area contributed by atoms with E-state index in [9.17, 15) is 0 Å². The smallest absolute Gasteiger partial charge is 0.124 e. The molecule has 0 fully saturated rings. The summed E-state index contributed by atoms with van der Waals surface area (Å²) in [7, 11) is 1.72. The van der Waals surface area contributed by atoms with E-state index in [0.717, 1.165) is 5.75 Å². The summed E-state index contributed by atoms with van der Waals surface area (Å²) in [5, 5.41) is 2.09. The highest BCUT2D eigenvalue weighted by Crippen LogP contribution is 2.25. The quantitative estimate of drug-likeness (QED) is 0.770. The minimum absolute atomic E-state index is 0.985. The summed E-state index contributed by atoms with van der Waals surface area (Å²) in [6, 6.07) is 8.48. The Hall–Kier alpha value is -1.54. The van der Waals surface area contributed by atoms with Crippen LogP contribution >= 0.6 is 11.3 Å². The van der Waals surface area contributed by atoms with E-state index in [-0.39, 0.29) is 0 Å². The molecule has 1 nitrogen and oxygen atoms in total. The van der Waals surface area contributed by atoms with Crippen LogP contribution in [-0.4, -0.2) is 7.11 Å². The van der Waals surface area contributed by atoms with Crippen LogP contribution in [0.3, 0.4) is 0 Å². The summed E-state index contributed by atoms with van der Waals surface area (Å²) in [4.78, 5) is 1.27. The third-order valence-corrected chi connectivity index (χ3v) is 3.51. The monoisotopic (exact) mass is 244 g/mol. The minimum Gasteiger partial charge on any atom is -0.496 e. The SMILES string of the molecule is COc1c(C)cc(C=Cc2cccs2)cc1C. The maximum atomic E-state index is 5.36. The largest absolute Gasteiger partial charge is 0.496 e. The normalized spacial score (nSPS) is 11.0. The molecule has 1 aromatic carbocycles. The molecule has 0 aliphatic carbocycles. The number of ether oxygens (including phenoxy) is 1. The Morgan fingerprint density at radius 1 is 1.12 bits per heavy atom. The Labute approximate surface area is 106 Å². The van der Waals surface area contributed by atoms with E-state index in [2.05, 4.69) is 55.6 Å². The van der Waals surface area contributed by atoms with Gasteiger partial charge in [0.25, 0.3) is 0 Å². The third kappa shape index (κ3) is 2.77. The zero-order chi connectivity index (χ0) is 12.3. The second-order valence-electron chi connectivity index (χ2n) is 4.04. The van der Waals surface area contributed by atoms with Crippen molar-refractivity contribution in [1.82, 2.24) is 0 Å². The van der Waals surface area contributed by atoms with Crippen molar-refractivity contribution in [3.8, 4) is 5.75 Å². The zero-order valence-corrected chi connectivity index (χ0v) is 11.2. The molecule has 0 aliphatic heterocycles. The van der Waals surface area contributed by atoms with Crippen molar-refractivity contribution >= 4 is 23.5 Å². The van der Waals surface area contributed by atoms with E-state index in [4.69, 9.17) is 4.74 Å². The highest BCUT2D eigenvalue weighted by Gasteiger charge is 2.03. The van der Waals surface area contributed by atoms with Crippen LogP contribution in [0.4, 0.5) is 0 Å². The van der Waals surface area contributed by atoms with Crippen LogP contribution in [0.2, 0.25) is 0 Å². The molecule has 0 aliphatic rings. The van der Waals surface area contributed by atoms with E-state index in [1.165, 1.54) is 21.6 Å². The summed E-state index contributed by atoms with van der Waals surface area (Å²) in [5.41, 5.74) is 3.57. The van der Waals surface area contributed by atoms with Crippen LogP contribution in [0, 0.1) is 13.8 Å². The molecule has 0 amide bonds. The summed E-state index contributed by atoms with van der Waals surface area (Å²) in [6.45, 7) is 4.16. The van der Waals surface area contributed by atoms with Gasteiger partial charge in [0.05, 0.1) is 7.11 Å². The molecule has 0 radical (unpaired) electrons. The molecule has 0 bridgehead atoms. The number of benzene rings is 1. The van der Waals surface area contributed by atoms with Crippen molar-refractivity contribution in [3.63, 3.8) is 0 Å². The molecule has 0 saturated heterocycles. The molecule has 2 aromatic rings. The van der Waals surface area contributed by atoms with E-state index >= 15 is 0 Å². The van der Waals surface area contributed by atoms with Gasteiger partial charge in [-0.15, -0.1) is 11.3 Å². The van der Waals surface area contributed by atoms with Crippen molar-refractivity contribution in [2.24, 2.45) is 0 Å². The highest BCUT2D eigenvalue weighted by atomic mass is 32.1. The number of aryl methyl sites for hydroxylation is 2. The van der Waals surface area contributed by atoms with Crippen molar-refractivity contribution in [2.45, 2.75) is 13.8 Å². The lowest BCUT2D eigenvalue weighted by Gasteiger charge is -2.09. The van der Waals surface area contributed by atoms with Crippen molar-refractivity contribution in [3.05, 3.63) is 51.2 Å². The second kappa shape index (κ2) is 5.19. The third-order valence-electron chi connectivity index (χ3n) is 2.67. The molecule has 2 rings (SSSR count). The fourth-order valence-corrected chi connectivity index (χ4v) is 2.58. The number of methoxy groups -OCH3 is 1. The summed E-state index contributed by atoms with van der Waals surface area (Å²) < 4.78 is 5.36. The second-order valence-corrected chi connectivity index (χ2v) is 5.02. The number of hydrogen-bond acceptors (Lipinski definition) is 2. The average molecular weight is 244 g/mol. The molecule has 0 unspecified atom stereocenters. The van der Waals surface area contributed by atoms with E-state index < -0.39 is 0 Å². The summed E-state index contributed by atoms with van der Waals surface area (Å²) in [6.07, 6.45) is 4.29. The lowest BCUT2D eigenvalue weighted by atomic mass is 10.1. The van der Waals surface area contributed by atoms with E-state index in [0.29, 0.717) is 0 Å². The first-order valence-electron chi connectivity index (χ1n) is 5.57. The average Bonchev–Trinajstić information content (AvgIpc) is 2.79. The molecule has 2 heteroatoms. The molecular weight excluding hydrogens is 228 g/mol. The van der Waals surface area contributed by atoms with Gasteiger partial charge in [-0.3, -0.25) is 0 Å². The molecule has 88 valence electrons. The van der Waals surface area contributed by atoms with Crippen LogP contribution < -0.4 is 4.74 Å².